The molecule has 13 heavy (non-hydrogen) atoms. The highest BCUT2D eigenvalue weighted by atomic mass is 15.2. The zero-order chi connectivity index (χ0) is 8.67. The summed E-state index contributed by atoms with van der Waals surface area (Å²) in [5, 5.41) is 10.7. The van der Waals surface area contributed by atoms with Gasteiger partial charge >= 0.3 is 0 Å². The van der Waals surface area contributed by atoms with Crippen LogP contribution in [0.2, 0.25) is 0 Å². The van der Waals surface area contributed by atoms with Gasteiger partial charge < -0.3 is 5.32 Å². The predicted molar refractivity (Wildman–Crippen MR) is 48.3 cm³/mol. The first kappa shape index (κ1) is 7.50. The summed E-state index contributed by atoms with van der Waals surface area (Å²) in [5.74, 6) is 2.73. The molecule has 2 heterocycles. The van der Waals surface area contributed by atoms with Gasteiger partial charge in [0.05, 0.1) is 6.04 Å². The SMILES string of the molecule is C1CN[C@@H](c2nc(C3CC3)n[nH]2)C1. The highest BCUT2D eigenvalue weighted by molar-refractivity contribution is 5.07. The van der Waals surface area contributed by atoms with Gasteiger partial charge in [-0.1, -0.05) is 0 Å². The number of hydrogen-bond donors (Lipinski definition) is 2. The lowest BCUT2D eigenvalue weighted by molar-refractivity contribution is 0.607. The van der Waals surface area contributed by atoms with Crippen LogP contribution in [0.4, 0.5) is 0 Å². The Morgan fingerprint density at radius 1 is 1.23 bits per heavy atom. The molecule has 1 saturated carbocycles. The maximum Gasteiger partial charge on any atom is 0.153 e. The van der Waals surface area contributed by atoms with Crippen LogP contribution in [0.3, 0.4) is 0 Å². The highest BCUT2D eigenvalue weighted by Gasteiger charge is 2.29. The Bertz CT molecular complexity index is 296. The van der Waals surface area contributed by atoms with Crippen molar-refractivity contribution in [1.29, 1.82) is 0 Å². The second-order valence-electron chi connectivity index (χ2n) is 4.00. The van der Waals surface area contributed by atoms with Crippen molar-refractivity contribution in [3.8, 4) is 0 Å². The van der Waals surface area contributed by atoms with E-state index in [-0.39, 0.29) is 0 Å². The molecule has 1 saturated heterocycles. The molecule has 2 aliphatic rings. The molecule has 0 aromatic carbocycles. The minimum atomic E-state index is 0.431. The van der Waals surface area contributed by atoms with Crippen LogP contribution >= 0.6 is 0 Å². The van der Waals surface area contributed by atoms with E-state index in [0.29, 0.717) is 12.0 Å². The molecule has 2 N–H and O–H groups in total. The third-order valence-electron chi connectivity index (χ3n) is 2.85. The van der Waals surface area contributed by atoms with Crippen molar-refractivity contribution in [2.24, 2.45) is 0 Å². The quantitative estimate of drug-likeness (QED) is 0.713. The van der Waals surface area contributed by atoms with Gasteiger partial charge in [0, 0.05) is 5.92 Å². The first-order valence-electron chi connectivity index (χ1n) is 5.09. The summed E-state index contributed by atoms with van der Waals surface area (Å²) < 4.78 is 0. The van der Waals surface area contributed by atoms with Gasteiger partial charge in [0.1, 0.15) is 5.82 Å². The largest absolute Gasteiger partial charge is 0.307 e. The number of H-pyrrole nitrogens is 1. The molecular weight excluding hydrogens is 164 g/mol. The maximum absolute atomic E-state index is 4.53. The Hall–Kier alpha value is -0.900. The van der Waals surface area contributed by atoms with E-state index < -0.39 is 0 Å². The number of aromatic nitrogens is 3. The molecule has 1 aliphatic heterocycles. The van der Waals surface area contributed by atoms with Crippen molar-refractivity contribution < 1.29 is 0 Å². The molecule has 70 valence electrons. The van der Waals surface area contributed by atoms with Gasteiger partial charge in [-0.25, -0.2) is 4.98 Å². The van der Waals surface area contributed by atoms with Gasteiger partial charge in [-0.15, -0.1) is 0 Å². The van der Waals surface area contributed by atoms with E-state index in [9.17, 15) is 0 Å². The molecule has 0 unspecified atom stereocenters. The molecule has 1 aliphatic carbocycles. The van der Waals surface area contributed by atoms with Crippen LogP contribution in [0, 0.1) is 0 Å². The minimum Gasteiger partial charge on any atom is -0.307 e. The molecule has 1 aromatic heterocycles. The number of nitrogens with zero attached hydrogens (tertiary/aromatic N) is 2. The predicted octanol–water partition coefficient (Wildman–Crippen LogP) is 1.11. The van der Waals surface area contributed by atoms with Gasteiger partial charge in [0.2, 0.25) is 0 Å². The average Bonchev–Trinajstić information content (AvgIpc) is 2.72. The van der Waals surface area contributed by atoms with Gasteiger partial charge in [-0.2, -0.15) is 5.10 Å². The second kappa shape index (κ2) is 2.80. The monoisotopic (exact) mass is 178 g/mol. The zero-order valence-electron chi connectivity index (χ0n) is 7.58. The lowest BCUT2D eigenvalue weighted by Crippen LogP contribution is -2.14. The fraction of sp³-hybridized carbons (Fsp3) is 0.778. The Kier molecular flexibility index (Phi) is 1.62. The molecule has 0 bridgehead atoms. The Labute approximate surface area is 77.1 Å². The van der Waals surface area contributed by atoms with Crippen molar-refractivity contribution >= 4 is 0 Å². The fourth-order valence-corrected chi connectivity index (χ4v) is 1.89. The van der Waals surface area contributed by atoms with Gasteiger partial charge in [-0.05, 0) is 32.2 Å². The van der Waals surface area contributed by atoms with Crippen molar-refractivity contribution in [2.45, 2.75) is 37.6 Å². The van der Waals surface area contributed by atoms with Gasteiger partial charge in [0.25, 0.3) is 0 Å². The molecule has 3 rings (SSSR count). The normalized spacial score (nSPS) is 28.2. The second-order valence-corrected chi connectivity index (χ2v) is 4.00. The van der Waals surface area contributed by atoms with Crippen LogP contribution in [-0.4, -0.2) is 21.7 Å². The molecule has 2 fully saturated rings. The smallest absolute Gasteiger partial charge is 0.153 e. The van der Waals surface area contributed by atoms with Crippen LogP contribution in [0.25, 0.3) is 0 Å². The van der Waals surface area contributed by atoms with E-state index in [1.165, 1.54) is 25.7 Å². The molecular formula is C9H14N4. The van der Waals surface area contributed by atoms with Crippen LogP contribution in [0.5, 0.6) is 0 Å². The molecule has 1 aromatic rings. The van der Waals surface area contributed by atoms with Crippen LogP contribution < -0.4 is 5.32 Å². The van der Waals surface area contributed by atoms with Gasteiger partial charge in [-0.3, -0.25) is 5.10 Å². The summed E-state index contributed by atoms with van der Waals surface area (Å²) in [6, 6.07) is 0.431. The summed E-state index contributed by atoms with van der Waals surface area (Å²) in [4.78, 5) is 4.53. The minimum absolute atomic E-state index is 0.431. The first-order chi connectivity index (χ1) is 6.43. The van der Waals surface area contributed by atoms with Crippen LogP contribution in [-0.2, 0) is 0 Å². The van der Waals surface area contributed by atoms with Gasteiger partial charge in [0.15, 0.2) is 5.82 Å². The molecule has 4 nitrogen and oxygen atoms in total. The zero-order valence-corrected chi connectivity index (χ0v) is 7.58. The maximum atomic E-state index is 4.53. The van der Waals surface area contributed by atoms with Crippen molar-refractivity contribution in [1.82, 2.24) is 20.5 Å². The molecule has 0 amide bonds. The fourth-order valence-electron chi connectivity index (χ4n) is 1.89. The molecule has 0 spiro atoms. The Morgan fingerprint density at radius 3 is 2.85 bits per heavy atom. The lowest BCUT2D eigenvalue weighted by Gasteiger charge is -2.03. The van der Waals surface area contributed by atoms with E-state index in [4.69, 9.17) is 0 Å². The molecule has 4 heteroatoms. The number of rotatable bonds is 2. The van der Waals surface area contributed by atoms with E-state index in [1.807, 2.05) is 0 Å². The summed E-state index contributed by atoms with van der Waals surface area (Å²) in [6.45, 7) is 1.12. The number of nitrogens with one attached hydrogen (secondary N) is 2. The van der Waals surface area contributed by atoms with E-state index in [1.54, 1.807) is 0 Å². The molecule has 0 radical (unpaired) electrons. The summed E-state index contributed by atoms with van der Waals surface area (Å²) in [5.41, 5.74) is 0. The van der Waals surface area contributed by atoms with Crippen molar-refractivity contribution in [2.75, 3.05) is 6.54 Å². The molecule has 1 atom stereocenters. The topological polar surface area (TPSA) is 53.6 Å². The Balaban J connectivity index is 1.79. The number of aromatic amines is 1. The standard InChI is InChI=1S/C9H14N4/c1-2-7(10-5-1)9-11-8(12-13-9)6-3-4-6/h6-7,10H,1-5H2,(H,11,12,13)/t7-/m1/s1. The third-order valence-corrected chi connectivity index (χ3v) is 2.85. The number of hydrogen-bond acceptors (Lipinski definition) is 3. The van der Waals surface area contributed by atoms with Crippen LogP contribution in [0.1, 0.15) is 49.3 Å². The van der Waals surface area contributed by atoms with Crippen LogP contribution in [0.15, 0.2) is 0 Å². The first-order valence-corrected chi connectivity index (χ1v) is 5.09. The Morgan fingerprint density at radius 2 is 2.15 bits per heavy atom. The lowest BCUT2D eigenvalue weighted by atomic mass is 10.2. The summed E-state index contributed by atoms with van der Waals surface area (Å²) in [6.07, 6.45) is 4.99. The summed E-state index contributed by atoms with van der Waals surface area (Å²) in [7, 11) is 0. The highest BCUT2D eigenvalue weighted by Crippen LogP contribution is 2.38. The van der Waals surface area contributed by atoms with Crippen molar-refractivity contribution in [3.05, 3.63) is 11.6 Å². The van der Waals surface area contributed by atoms with E-state index in [0.717, 1.165) is 18.2 Å². The summed E-state index contributed by atoms with van der Waals surface area (Å²) >= 11 is 0. The van der Waals surface area contributed by atoms with E-state index >= 15 is 0 Å². The van der Waals surface area contributed by atoms with E-state index in [2.05, 4.69) is 20.5 Å². The average molecular weight is 178 g/mol. The third kappa shape index (κ3) is 1.35. The van der Waals surface area contributed by atoms with Crippen molar-refractivity contribution in [3.63, 3.8) is 0 Å².